The lowest BCUT2D eigenvalue weighted by Crippen LogP contribution is -2.57. The molecule has 6 atom stereocenters. The molecule has 0 bridgehead atoms. The van der Waals surface area contributed by atoms with Crippen molar-refractivity contribution in [2.75, 3.05) is 40.3 Å². The maximum atomic E-state index is 15.5. The van der Waals surface area contributed by atoms with Crippen LogP contribution >= 0.6 is 0 Å². The number of hydrogen-bond acceptors (Lipinski definition) is 7. The number of benzene rings is 2. The molecule has 0 radical (unpaired) electrons. The first-order valence-electron chi connectivity index (χ1n) is 20.3. The van der Waals surface area contributed by atoms with Crippen LogP contribution in [0.1, 0.15) is 52.0 Å². The Morgan fingerprint density at radius 2 is 1.46 bits per heavy atom. The molecule has 2 aliphatic heterocycles. The highest BCUT2D eigenvalue weighted by Gasteiger charge is 2.46. The third-order valence-electron chi connectivity index (χ3n) is 11.7. The van der Waals surface area contributed by atoms with Gasteiger partial charge in [-0.15, -0.1) is 0 Å². The number of fused-ring (bicyclic) bond motifs is 2. The van der Waals surface area contributed by atoms with Gasteiger partial charge in [-0.05, 0) is 80.6 Å². The number of aromatic nitrogens is 3. The number of nitrogens with one attached hydrogen (secondary N) is 5. The first-order chi connectivity index (χ1) is 28.1. The lowest BCUT2D eigenvalue weighted by molar-refractivity contribution is -0.140. The van der Waals surface area contributed by atoms with E-state index in [1.165, 1.54) is 34.1 Å². The summed E-state index contributed by atoms with van der Waals surface area (Å²) in [5, 5.41) is 11.8. The molecule has 17 heteroatoms. The van der Waals surface area contributed by atoms with Gasteiger partial charge in [-0.3, -0.25) is 19.2 Å². The number of H-pyrrole nitrogens is 1. The smallest absolute Gasteiger partial charge is 0.246 e. The highest BCUT2D eigenvalue weighted by Crippen LogP contribution is 2.39. The molecule has 3 fully saturated rings. The second-order valence-corrected chi connectivity index (χ2v) is 17.3. The average Bonchev–Trinajstić information content (AvgIpc) is 3.53. The van der Waals surface area contributed by atoms with Gasteiger partial charge in [0.25, 0.3) is 0 Å². The Kier molecular flexibility index (Phi) is 12.1. The molecular weight excluding hydrogens is 771 g/mol. The van der Waals surface area contributed by atoms with E-state index in [1.807, 2.05) is 20.8 Å². The summed E-state index contributed by atoms with van der Waals surface area (Å²) in [5.74, 6) is -2.33. The Hall–Kier alpha value is -5.03. The highest BCUT2D eigenvalue weighted by atomic mass is 19.1. The fourth-order valence-corrected chi connectivity index (χ4v) is 8.74. The van der Waals surface area contributed by atoms with Gasteiger partial charge in [0.2, 0.25) is 23.6 Å². The summed E-state index contributed by atoms with van der Waals surface area (Å²) in [5.41, 5.74) is 1.49. The number of rotatable bonds is 14. The maximum absolute atomic E-state index is 15.5. The van der Waals surface area contributed by atoms with E-state index < -0.39 is 59.5 Å². The van der Waals surface area contributed by atoms with Crippen molar-refractivity contribution in [1.29, 1.82) is 0 Å². The summed E-state index contributed by atoms with van der Waals surface area (Å²) in [6.45, 7) is 5.15. The summed E-state index contributed by atoms with van der Waals surface area (Å²) in [6.07, 6.45) is -1.01. The Morgan fingerprint density at radius 3 is 2.10 bits per heavy atom. The molecule has 2 aromatic carbocycles. The number of alkyl halides is 2. The standard InChI is InChI=1S/C42H53F4N9O4/c1-42(2,3)38(52-35(57)18-48-5)41(59)54-20-26(46)13-28(54)21-55-33-11-9-24(44)15-32(33)50-39(55)37-30(29-10-8-23(43)14-31(29)49-37)16-27-12-25(45)19-53(27)40(58)36(22-6-7-22)51-34(56)17-47-4/h8-11,14-15,22,25-28,36,38,47-49H,6-7,12-13,16-21H2,1-5H3,(H,51,56)(H,52,57). The zero-order valence-electron chi connectivity index (χ0n) is 34.0. The second kappa shape index (κ2) is 16.9. The van der Waals surface area contributed by atoms with Crippen LogP contribution in [0.5, 0.6) is 0 Å². The van der Waals surface area contributed by atoms with Crippen molar-refractivity contribution in [3.63, 3.8) is 0 Å². The van der Waals surface area contributed by atoms with E-state index in [0.29, 0.717) is 33.5 Å². The molecule has 13 nitrogen and oxygen atoms in total. The van der Waals surface area contributed by atoms with E-state index in [0.717, 1.165) is 12.8 Å². The number of nitrogens with zero attached hydrogens (tertiary/aromatic N) is 4. The van der Waals surface area contributed by atoms with Crippen molar-refractivity contribution in [3.8, 4) is 11.5 Å². The van der Waals surface area contributed by atoms with Gasteiger partial charge in [0.1, 0.15) is 36.1 Å². The quantitative estimate of drug-likeness (QED) is 0.121. The van der Waals surface area contributed by atoms with Crippen LogP contribution in [-0.2, 0) is 32.1 Å². The summed E-state index contributed by atoms with van der Waals surface area (Å²) in [7, 11) is 3.25. The molecular formula is C42H53F4N9O4. The molecule has 2 saturated heterocycles. The molecule has 4 heterocycles. The Bertz CT molecular complexity index is 2230. The van der Waals surface area contributed by atoms with Crippen molar-refractivity contribution in [2.45, 2.75) is 95.9 Å². The van der Waals surface area contributed by atoms with Gasteiger partial charge in [-0.2, -0.15) is 0 Å². The molecule has 4 aromatic rings. The molecule has 6 unspecified atom stereocenters. The fraction of sp³-hybridized carbons (Fsp3) is 0.548. The van der Waals surface area contributed by atoms with Gasteiger partial charge in [-0.1, -0.05) is 20.8 Å². The Balaban J connectivity index is 1.28. The summed E-state index contributed by atoms with van der Waals surface area (Å²) in [6, 6.07) is 5.23. The van der Waals surface area contributed by atoms with Crippen LogP contribution in [0.2, 0.25) is 0 Å². The predicted octanol–water partition coefficient (Wildman–Crippen LogP) is 3.75. The highest BCUT2D eigenvalue weighted by molar-refractivity contribution is 5.93. The minimum Gasteiger partial charge on any atom is -0.352 e. The normalized spacial score (nSPS) is 22.0. The van der Waals surface area contributed by atoms with Crippen molar-refractivity contribution in [3.05, 3.63) is 53.6 Å². The zero-order valence-corrected chi connectivity index (χ0v) is 34.0. The monoisotopic (exact) mass is 823 g/mol. The van der Waals surface area contributed by atoms with E-state index in [2.05, 4.69) is 26.3 Å². The van der Waals surface area contributed by atoms with Crippen LogP contribution in [0.3, 0.4) is 0 Å². The number of hydrogen-bond donors (Lipinski definition) is 5. The largest absolute Gasteiger partial charge is 0.352 e. The molecule has 1 aliphatic carbocycles. The number of likely N-dealkylation sites (N-methyl/N-ethyl adjacent to an activating group) is 2. The van der Waals surface area contributed by atoms with Gasteiger partial charge in [0.05, 0.1) is 48.9 Å². The Morgan fingerprint density at radius 1 is 0.847 bits per heavy atom. The van der Waals surface area contributed by atoms with Crippen LogP contribution in [0, 0.1) is 23.0 Å². The molecule has 4 amide bonds. The maximum Gasteiger partial charge on any atom is 0.246 e. The van der Waals surface area contributed by atoms with E-state index in [4.69, 9.17) is 4.98 Å². The van der Waals surface area contributed by atoms with Crippen molar-refractivity contribution < 1.29 is 36.7 Å². The number of imidazole rings is 1. The minimum atomic E-state index is -1.36. The summed E-state index contributed by atoms with van der Waals surface area (Å²) < 4.78 is 62.3. The summed E-state index contributed by atoms with van der Waals surface area (Å²) >= 11 is 0. The molecule has 7 rings (SSSR count). The SMILES string of the molecule is CNCC(=O)NC(C(=O)N1CC(F)CC1Cc1c(-c2nc3cc(F)ccc3n2CC2CC(F)CN2C(=O)C(NC(=O)CNC)C(C)(C)C)[nH]c2cc(F)ccc12)C1CC1. The topological polar surface area (TPSA) is 156 Å². The van der Waals surface area contributed by atoms with Gasteiger partial charge >= 0.3 is 0 Å². The van der Waals surface area contributed by atoms with Crippen LogP contribution < -0.4 is 21.3 Å². The molecule has 3 aliphatic rings. The summed E-state index contributed by atoms with van der Waals surface area (Å²) in [4.78, 5) is 64.9. The molecule has 5 N–H and O–H groups in total. The van der Waals surface area contributed by atoms with Gasteiger partial charge in [-0.25, -0.2) is 22.5 Å². The van der Waals surface area contributed by atoms with Crippen LogP contribution in [0.25, 0.3) is 33.5 Å². The first-order valence-corrected chi connectivity index (χ1v) is 20.3. The van der Waals surface area contributed by atoms with Crippen LogP contribution in [0.15, 0.2) is 36.4 Å². The number of halogens is 4. The van der Waals surface area contributed by atoms with E-state index in [1.54, 1.807) is 30.8 Å². The molecule has 2 aromatic heterocycles. The third-order valence-corrected chi connectivity index (χ3v) is 11.7. The minimum absolute atomic E-state index is 0.0117. The van der Waals surface area contributed by atoms with E-state index in [9.17, 15) is 28.0 Å². The second-order valence-electron chi connectivity index (χ2n) is 17.3. The van der Waals surface area contributed by atoms with E-state index >= 15 is 8.78 Å². The average molecular weight is 824 g/mol. The zero-order chi connectivity index (χ0) is 42.3. The molecule has 59 heavy (non-hydrogen) atoms. The number of aromatic amines is 1. The molecule has 318 valence electrons. The van der Waals surface area contributed by atoms with Crippen molar-refractivity contribution in [2.24, 2.45) is 11.3 Å². The van der Waals surface area contributed by atoms with Gasteiger partial charge in [0, 0.05) is 42.4 Å². The fourth-order valence-electron chi connectivity index (χ4n) is 8.74. The number of carbonyl (C=O) groups excluding carboxylic acids is 4. The lowest BCUT2D eigenvalue weighted by Gasteiger charge is -2.36. The lowest BCUT2D eigenvalue weighted by atomic mass is 9.85. The number of likely N-dealkylation sites (tertiary alicyclic amines) is 2. The Labute approximate surface area is 340 Å². The van der Waals surface area contributed by atoms with Gasteiger partial charge < -0.3 is 40.6 Å². The van der Waals surface area contributed by atoms with Crippen molar-refractivity contribution in [1.82, 2.24) is 45.6 Å². The number of amides is 4. The number of carbonyl (C=O) groups is 4. The van der Waals surface area contributed by atoms with Gasteiger partial charge in [0.15, 0.2) is 5.82 Å². The molecule has 0 spiro atoms. The first kappa shape index (κ1) is 42.1. The van der Waals surface area contributed by atoms with E-state index in [-0.39, 0.29) is 81.1 Å². The molecule has 1 saturated carbocycles. The predicted molar refractivity (Wildman–Crippen MR) is 215 cm³/mol. The van der Waals surface area contributed by atoms with Crippen molar-refractivity contribution >= 4 is 45.6 Å². The van der Waals surface area contributed by atoms with Crippen LogP contribution in [-0.4, -0.2) is 125 Å². The van der Waals surface area contributed by atoms with Crippen LogP contribution in [0.4, 0.5) is 17.6 Å². The third kappa shape index (κ3) is 8.95.